The number of methoxy groups -OCH3 is 1. The minimum atomic E-state index is -0.396. The first kappa shape index (κ1) is 23.2. The summed E-state index contributed by atoms with van der Waals surface area (Å²) in [5.74, 6) is 0.834. The largest absolute Gasteiger partial charge is 0.465 e. The average Bonchev–Trinajstić information content (AvgIpc) is 3.58. The number of fused-ring (bicyclic) bond motifs is 1. The summed E-state index contributed by atoms with van der Waals surface area (Å²) >= 11 is 0. The van der Waals surface area contributed by atoms with E-state index in [4.69, 9.17) is 9.72 Å². The fourth-order valence-electron chi connectivity index (χ4n) is 4.33. The number of hydrogen-bond acceptors (Lipinski definition) is 7. The zero-order chi connectivity index (χ0) is 25.1. The molecule has 9 nitrogen and oxygen atoms in total. The Labute approximate surface area is 208 Å². The maximum Gasteiger partial charge on any atom is 0.340 e. The minimum Gasteiger partial charge on any atom is -0.465 e. The fourth-order valence-corrected chi connectivity index (χ4v) is 4.33. The zero-order valence-corrected chi connectivity index (χ0v) is 20.4. The van der Waals surface area contributed by atoms with Gasteiger partial charge in [0.2, 0.25) is 11.8 Å². The van der Waals surface area contributed by atoms with E-state index in [2.05, 4.69) is 32.9 Å². The fraction of sp³-hybridized carbons (Fsp3) is 0.222. The van der Waals surface area contributed by atoms with Gasteiger partial charge in [0.25, 0.3) is 0 Å². The van der Waals surface area contributed by atoms with E-state index in [-0.39, 0.29) is 0 Å². The van der Waals surface area contributed by atoms with Gasteiger partial charge < -0.3 is 10.1 Å². The molecule has 9 heteroatoms. The average molecular weight is 482 g/mol. The minimum absolute atomic E-state index is 0.396. The molecule has 0 aliphatic rings. The molecule has 0 saturated carbocycles. The summed E-state index contributed by atoms with van der Waals surface area (Å²) in [7, 11) is 1.39. The van der Waals surface area contributed by atoms with Crippen LogP contribution in [0.2, 0.25) is 0 Å². The molecule has 0 atom stereocenters. The van der Waals surface area contributed by atoms with Crippen molar-refractivity contribution in [2.24, 2.45) is 0 Å². The van der Waals surface area contributed by atoms with Gasteiger partial charge in [-0.2, -0.15) is 5.21 Å². The van der Waals surface area contributed by atoms with Gasteiger partial charge in [0.05, 0.1) is 23.7 Å². The number of nitrogens with zero attached hydrogens (tertiary/aromatic N) is 5. The number of imidazole rings is 1. The number of esters is 1. The number of anilines is 1. The summed E-state index contributed by atoms with van der Waals surface area (Å²) in [6.07, 6.45) is 2.08. The number of tetrazole rings is 1. The molecule has 36 heavy (non-hydrogen) atoms. The topological polar surface area (TPSA) is 111 Å². The molecular formula is C27H27N7O2. The number of rotatable bonds is 8. The first-order valence-corrected chi connectivity index (χ1v) is 11.9. The van der Waals surface area contributed by atoms with Gasteiger partial charge in [0.15, 0.2) is 0 Å². The second-order valence-electron chi connectivity index (χ2n) is 8.50. The number of ether oxygens (including phenoxy) is 1. The third kappa shape index (κ3) is 4.19. The molecule has 0 unspecified atom stereocenters. The summed E-state index contributed by atoms with van der Waals surface area (Å²) in [5, 5.41) is 18.0. The Morgan fingerprint density at radius 2 is 1.83 bits per heavy atom. The molecule has 182 valence electrons. The molecule has 0 saturated heterocycles. The van der Waals surface area contributed by atoms with E-state index >= 15 is 0 Å². The van der Waals surface area contributed by atoms with Crippen LogP contribution in [-0.4, -0.2) is 49.8 Å². The number of H-pyrrole nitrogens is 1. The lowest BCUT2D eigenvalue weighted by atomic mass is 9.99. The Bertz CT molecular complexity index is 1510. The molecule has 0 bridgehead atoms. The maximum absolute atomic E-state index is 12.7. The third-order valence-electron chi connectivity index (χ3n) is 6.17. The molecule has 0 aliphatic heterocycles. The monoisotopic (exact) mass is 481 g/mol. The molecule has 5 rings (SSSR count). The zero-order valence-electron chi connectivity index (χ0n) is 20.4. The Balaban J connectivity index is 1.64. The number of benzene rings is 3. The van der Waals surface area contributed by atoms with Crippen molar-refractivity contribution >= 4 is 23.0 Å². The van der Waals surface area contributed by atoms with Crippen LogP contribution in [0.25, 0.3) is 39.2 Å². The number of carbonyl (C=O) groups is 1. The van der Waals surface area contributed by atoms with Gasteiger partial charge in [-0.05, 0) is 53.4 Å². The molecule has 2 aromatic heterocycles. The number of nitrogens with one attached hydrogen (secondary N) is 2. The molecule has 0 radical (unpaired) electrons. The Morgan fingerprint density at radius 1 is 1.06 bits per heavy atom. The first-order chi connectivity index (χ1) is 17.6. The van der Waals surface area contributed by atoms with Crippen LogP contribution in [0.5, 0.6) is 0 Å². The van der Waals surface area contributed by atoms with Crippen molar-refractivity contribution in [1.82, 2.24) is 30.2 Å². The molecule has 0 fully saturated rings. The second-order valence-corrected chi connectivity index (χ2v) is 8.50. The maximum atomic E-state index is 12.7. The third-order valence-corrected chi connectivity index (χ3v) is 6.17. The normalized spacial score (nSPS) is 11.1. The number of unbranched alkanes of at least 4 members (excludes halogenated alkanes) is 1. The van der Waals surface area contributed by atoms with Gasteiger partial charge in [0, 0.05) is 17.8 Å². The second kappa shape index (κ2) is 9.99. The first-order valence-electron chi connectivity index (χ1n) is 11.9. The van der Waals surface area contributed by atoms with Crippen LogP contribution in [0.1, 0.15) is 35.7 Å². The lowest BCUT2D eigenvalue weighted by Crippen LogP contribution is -2.09. The lowest BCUT2D eigenvalue weighted by molar-refractivity contribution is 0.0602. The Kier molecular flexibility index (Phi) is 6.44. The van der Waals surface area contributed by atoms with Crippen LogP contribution < -0.4 is 5.32 Å². The highest BCUT2D eigenvalue weighted by Gasteiger charge is 2.21. The highest BCUT2D eigenvalue weighted by molar-refractivity contribution is 6.04. The number of aromatic amines is 1. The molecule has 3 aromatic carbocycles. The molecule has 2 heterocycles. The molecule has 5 aromatic rings. The smallest absolute Gasteiger partial charge is 0.340 e. The van der Waals surface area contributed by atoms with E-state index in [1.165, 1.54) is 7.11 Å². The SMILES string of the molecule is CCCCNc1nc2c(C)ccc(C(=O)OC)c2n1-c1ccc(-c2ccccc2-c2nn[nH]n2)cc1. The van der Waals surface area contributed by atoms with Crippen LogP contribution in [0.4, 0.5) is 5.95 Å². The Morgan fingerprint density at radius 3 is 2.53 bits per heavy atom. The summed E-state index contributed by atoms with van der Waals surface area (Å²) in [6.45, 7) is 4.92. The van der Waals surface area contributed by atoms with Crippen LogP contribution in [0.3, 0.4) is 0 Å². The van der Waals surface area contributed by atoms with Gasteiger partial charge in [-0.25, -0.2) is 9.78 Å². The van der Waals surface area contributed by atoms with E-state index in [0.717, 1.165) is 58.4 Å². The lowest BCUT2D eigenvalue weighted by Gasteiger charge is -2.14. The van der Waals surface area contributed by atoms with Gasteiger partial charge >= 0.3 is 5.97 Å². The standard InChI is InChI=1S/C27H27N7O2/c1-4-5-16-28-27-29-23-17(2)10-15-22(26(35)36-3)24(23)34(27)19-13-11-18(12-14-19)20-8-6-7-9-21(20)25-30-32-33-31-25/h6-15H,4-5,16H2,1-3H3,(H,28,29)(H,30,31,32,33). The van der Waals surface area contributed by atoms with Crippen molar-refractivity contribution in [2.75, 3.05) is 19.0 Å². The van der Waals surface area contributed by atoms with Gasteiger partial charge in [0.1, 0.15) is 0 Å². The highest BCUT2D eigenvalue weighted by atomic mass is 16.5. The van der Waals surface area contributed by atoms with Gasteiger partial charge in [-0.15, -0.1) is 10.2 Å². The number of aromatic nitrogens is 6. The molecule has 0 aliphatic carbocycles. The van der Waals surface area contributed by atoms with E-state index < -0.39 is 5.97 Å². The van der Waals surface area contributed by atoms with Crippen molar-refractivity contribution in [1.29, 1.82) is 0 Å². The summed E-state index contributed by atoms with van der Waals surface area (Å²) in [6, 6.07) is 19.8. The number of carbonyl (C=O) groups excluding carboxylic acids is 1. The van der Waals surface area contributed by atoms with Crippen molar-refractivity contribution in [3.63, 3.8) is 0 Å². The predicted molar refractivity (Wildman–Crippen MR) is 139 cm³/mol. The van der Waals surface area contributed by atoms with Crippen molar-refractivity contribution in [3.8, 4) is 28.2 Å². The van der Waals surface area contributed by atoms with E-state index in [1.807, 2.05) is 66.1 Å². The van der Waals surface area contributed by atoms with E-state index in [0.29, 0.717) is 17.3 Å². The summed E-state index contributed by atoms with van der Waals surface area (Å²) in [4.78, 5) is 17.6. The summed E-state index contributed by atoms with van der Waals surface area (Å²) in [5.41, 5.74) is 6.72. The van der Waals surface area contributed by atoms with Crippen molar-refractivity contribution in [3.05, 3.63) is 71.8 Å². The van der Waals surface area contributed by atoms with Crippen LogP contribution in [0.15, 0.2) is 60.7 Å². The Hall–Kier alpha value is -4.53. The van der Waals surface area contributed by atoms with E-state index in [1.54, 1.807) is 6.07 Å². The predicted octanol–water partition coefficient (Wildman–Crippen LogP) is 5.18. The molecular weight excluding hydrogens is 454 g/mol. The number of hydrogen-bond donors (Lipinski definition) is 2. The molecule has 2 N–H and O–H groups in total. The quantitative estimate of drug-likeness (QED) is 0.232. The molecule has 0 spiro atoms. The number of aryl methyl sites for hydroxylation is 1. The molecule has 0 amide bonds. The van der Waals surface area contributed by atoms with Crippen LogP contribution in [-0.2, 0) is 4.74 Å². The van der Waals surface area contributed by atoms with Gasteiger partial charge in [-0.3, -0.25) is 4.57 Å². The van der Waals surface area contributed by atoms with Crippen LogP contribution >= 0.6 is 0 Å². The highest BCUT2D eigenvalue weighted by Crippen LogP contribution is 2.33. The van der Waals surface area contributed by atoms with Crippen LogP contribution in [0, 0.1) is 6.92 Å². The summed E-state index contributed by atoms with van der Waals surface area (Å²) < 4.78 is 7.09. The van der Waals surface area contributed by atoms with Gasteiger partial charge in [-0.1, -0.05) is 55.8 Å². The van der Waals surface area contributed by atoms with E-state index in [9.17, 15) is 4.79 Å². The van der Waals surface area contributed by atoms with Crippen molar-refractivity contribution < 1.29 is 9.53 Å². The van der Waals surface area contributed by atoms with Crippen molar-refractivity contribution in [2.45, 2.75) is 26.7 Å².